The maximum atomic E-state index is 11.8. The number of H-pyrrole nitrogens is 1. The molecule has 6 heteroatoms. The van der Waals surface area contributed by atoms with Crippen LogP contribution in [0.25, 0.3) is 27.9 Å². The molecule has 0 saturated heterocycles. The maximum Gasteiger partial charge on any atom is 0.348 e. The summed E-state index contributed by atoms with van der Waals surface area (Å²) in [6, 6.07) is 7.50. The van der Waals surface area contributed by atoms with Crippen molar-refractivity contribution in [3.05, 3.63) is 46.2 Å². The third-order valence-electron chi connectivity index (χ3n) is 3.64. The fourth-order valence-electron chi connectivity index (χ4n) is 2.67. The number of hydrogen-bond acceptors (Lipinski definition) is 4. The molecule has 0 spiro atoms. The molecule has 0 atom stereocenters. The number of esters is 1. The Bertz CT molecular complexity index is 1030. The van der Waals surface area contributed by atoms with Gasteiger partial charge < -0.3 is 9.72 Å². The van der Waals surface area contributed by atoms with Gasteiger partial charge in [-0.1, -0.05) is 11.6 Å². The average molecular weight is 340 g/mol. The molecule has 120 valence electrons. The molecule has 0 fully saturated rings. The van der Waals surface area contributed by atoms with Gasteiger partial charge in [0.05, 0.1) is 17.1 Å². The first-order chi connectivity index (χ1) is 11.5. The minimum Gasteiger partial charge on any atom is -0.462 e. The zero-order valence-corrected chi connectivity index (χ0v) is 13.9. The lowest BCUT2D eigenvalue weighted by Crippen LogP contribution is -2.05. The number of rotatable bonds is 3. The zero-order valence-electron chi connectivity index (χ0n) is 13.2. The molecule has 24 heavy (non-hydrogen) atoms. The maximum absolute atomic E-state index is 11.8. The van der Waals surface area contributed by atoms with Gasteiger partial charge in [-0.05, 0) is 38.1 Å². The molecule has 0 aliphatic rings. The van der Waals surface area contributed by atoms with E-state index in [9.17, 15) is 10.1 Å². The minimum atomic E-state index is -0.650. The summed E-state index contributed by atoms with van der Waals surface area (Å²) in [4.78, 5) is 19.5. The van der Waals surface area contributed by atoms with Crippen molar-refractivity contribution >= 4 is 45.5 Å². The molecule has 1 N–H and O–H groups in total. The van der Waals surface area contributed by atoms with Crippen LogP contribution in [-0.4, -0.2) is 22.5 Å². The van der Waals surface area contributed by atoms with Gasteiger partial charge in [-0.15, -0.1) is 0 Å². The molecule has 0 aliphatic heterocycles. The molecule has 0 saturated carbocycles. The Kier molecular flexibility index (Phi) is 4.24. The zero-order chi connectivity index (χ0) is 17.3. The number of halogens is 1. The van der Waals surface area contributed by atoms with E-state index >= 15 is 0 Å². The van der Waals surface area contributed by atoms with Crippen molar-refractivity contribution in [2.24, 2.45) is 0 Å². The Morgan fingerprint density at radius 1 is 1.46 bits per heavy atom. The molecular formula is C18H14ClN3O2. The summed E-state index contributed by atoms with van der Waals surface area (Å²) in [7, 11) is 0. The van der Waals surface area contributed by atoms with Crippen LogP contribution in [0.5, 0.6) is 0 Å². The van der Waals surface area contributed by atoms with E-state index in [0.717, 1.165) is 27.5 Å². The molecule has 5 nitrogen and oxygen atoms in total. The second-order valence-corrected chi connectivity index (χ2v) is 5.69. The quantitative estimate of drug-likeness (QED) is 0.441. The summed E-state index contributed by atoms with van der Waals surface area (Å²) in [6.45, 7) is 3.83. The minimum absolute atomic E-state index is 0.0737. The second-order valence-electron chi connectivity index (χ2n) is 5.29. The molecule has 1 aromatic carbocycles. The van der Waals surface area contributed by atoms with Crippen LogP contribution >= 0.6 is 11.6 Å². The number of nitrogens with one attached hydrogen (secondary N) is 1. The van der Waals surface area contributed by atoms with Crippen molar-refractivity contribution in [1.82, 2.24) is 9.97 Å². The topological polar surface area (TPSA) is 78.8 Å². The van der Waals surface area contributed by atoms with Gasteiger partial charge in [0.2, 0.25) is 0 Å². The largest absolute Gasteiger partial charge is 0.462 e. The van der Waals surface area contributed by atoms with Crippen molar-refractivity contribution in [1.29, 1.82) is 5.26 Å². The molecule has 3 aromatic rings. The van der Waals surface area contributed by atoms with Crippen LogP contribution in [0.4, 0.5) is 0 Å². The third kappa shape index (κ3) is 2.72. The van der Waals surface area contributed by atoms with E-state index < -0.39 is 5.97 Å². The highest BCUT2D eigenvalue weighted by molar-refractivity contribution is 6.38. The molecule has 0 bridgehead atoms. The summed E-state index contributed by atoms with van der Waals surface area (Å²) in [5, 5.41) is 11.4. The summed E-state index contributed by atoms with van der Waals surface area (Å²) in [6.07, 6.45) is 3.11. The lowest BCUT2D eigenvalue weighted by Gasteiger charge is -2.06. The van der Waals surface area contributed by atoms with E-state index in [0.29, 0.717) is 10.6 Å². The number of carbonyl (C=O) groups excluding carboxylic acids is 1. The van der Waals surface area contributed by atoms with Gasteiger partial charge >= 0.3 is 5.97 Å². The van der Waals surface area contributed by atoms with Crippen molar-refractivity contribution in [2.45, 2.75) is 13.8 Å². The second kappa shape index (κ2) is 6.34. The van der Waals surface area contributed by atoms with E-state index in [1.54, 1.807) is 13.1 Å². The number of nitriles is 1. The highest BCUT2D eigenvalue weighted by Gasteiger charge is 2.15. The molecule has 0 aliphatic carbocycles. The predicted octanol–water partition coefficient (Wildman–Crippen LogP) is 4.15. The van der Waals surface area contributed by atoms with Crippen LogP contribution in [0.1, 0.15) is 18.2 Å². The number of hydrogen-bond donors (Lipinski definition) is 1. The Morgan fingerprint density at radius 3 is 2.96 bits per heavy atom. The SMILES string of the molecule is CCOC(=O)/C(C#N)=C\c1cnc2ccc3[nH]c(C)cc(Cl)c3c12. The van der Waals surface area contributed by atoms with Crippen molar-refractivity contribution in [3.8, 4) is 6.07 Å². The van der Waals surface area contributed by atoms with Gasteiger partial charge in [0, 0.05) is 33.7 Å². The molecule has 0 unspecified atom stereocenters. The van der Waals surface area contributed by atoms with Gasteiger partial charge in [0.25, 0.3) is 0 Å². The van der Waals surface area contributed by atoms with Crippen molar-refractivity contribution in [2.75, 3.05) is 6.61 Å². The first kappa shape index (κ1) is 16.0. The number of pyridine rings is 1. The fraction of sp³-hybridized carbons (Fsp3) is 0.167. The van der Waals surface area contributed by atoms with E-state index in [2.05, 4.69) is 9.97 Å². The summed E-state index contributed by atoms with van der Waals surface area (Å²) < 4.78 is 4.90. The summed E-state index contributed by atoms with van der Waals surface area (Å²) in [5.74, 6) is -0.650. The molecular weight excluding hydrogens is 326 g/mol. The number of aryl methyl sites for hydroxylation is 1. The summed E-state index contributed by atoms with van der Waals surface area (Å²) >= 11 is 6.43. The lowest BCUT2D eigenvalue weighted by molar-refractivity contribution is -0.137. The molecule has 0 amide bonds. The van der Waals surface area contributed by atoms with Gasteiger partial charge in [-0.2, -0.15) is 5.26 Å². The molecule has 0 radical (unpaired) electrons. The van der Waals surface area contributed by atoms with Crippen LogP contribution in [-0.2, 0) is 9.53 Å². The van der Waals surface area contributed by atoms with Crippen LogP contribution in [0.15, 0.2) is 30.0 Å². The third-order valence-corrected chi connectivity index (χ3v) is 3.94. The Labute approximate surface area is 143 Å². The normalized spacial score (nSPS) is 11.7. The Morgan fingerprint density at radius 2 is 2.25 bits per heavy atom. The van der Waals surface area contributed by atoms with E-state index in [1.807, 2.05) is 31.2 Å². The molecule has 2 aromatic heterocycles. The predicted molar refractivity (Wildman–Crippen MR) is 93.6 cm³/mol. The smallest absolute Gasteiger partial charge is 0.348 e. The number of carbonyl (C=O) groups is 1. The number of benzene rings is 1. The van der Waals surface area contributed by atoms with E-state index in [4.69, 9.17) is 16.3 Å². The highest BCUT2D eigenvalue weighted by atomic mass is 35.5. The van der Waals surface area contributed by atoms with Crippen LogP contribution in [0.2, 0.25) is 5.02 Å². The number of fused-ring (bicyclic) bond motifs is 3. The van der Waals surface area contributed by atoms with Gasteiger partial charge in [0.1, 0.15) is 11.6 Å². The number of aromatic amines is 1. The van der Waals surface area contributed by atoms with Crippen molar-refractivity contribution in [3.63, 3.8) is 0 Å². The van der Waals surface area contributed by atoms with E-state index in [-0.39, 0.29) is 12.2 Å². The van der Waals surface area contributed by atoms with Gasteiger partial charge in [-0.3, -0.25) is 4.98 Å². The lowest BCUT2D eigenvalue weighted by atomic mass is 10.0. The number of ether oxygens (including phenoxy) is 1. The number of aromatic nitrogens is 2. The monoisotopic (exact) mass is 339 g/mol. The molecule has 3 rings (SSSR count). The van der Waals surface area contributed by atoms with Crippen LogP contribution < -0.4 is 0 Å². The van der Waals surface area contributed by atoms with Crippen molar-refractivity contribution < 1.29 is 9.53 Å². The first-order valence-corrected chi connectivity index (χ1v) is 7.78. The fourth-order valence-corrected chi connectivity index (χ4v) is 3.03. The van der Waals surface area contributed by atoms with Gasteiger partial charge in [-0.25, -0.2) is 4.79 Å². The molecule has 2 heterocycles. The Balaban J connectivity index is 2.28. The van der Waals surface area contributed by atoms with Gasteiger partial charge in [0.15, 0.2) is 0 Å². The highest BCUT2D eigenvalue weighted by Crippen LogP contribution is 2.33. The van der Waals surface area contributed by atoms with Crippen LogP contribution in [0, 0.1) is 18.3 Å². The number of nitrogens with zero attached hydrogens (tertiary/aromatic N) is 2. The average Bonchev–Trinajstić information content (AvgIpc) is 2.95. The summed E-state index contributed by atoms with van der Waals surface area (Å²) in [5.41, 5.74) is 3.13. The van der Waals surface area contributed by atoms with E-state index in [1.165, 1.54) is 6.08 Å². The van der Waals surface area contributed by atoms with Crippen LogP contribution in [0.3, 0.4) is 0 Å². The first-order valence-electron chi connectivity index (χ1n) is 7.40. The standard InChI is InChI=1S/C18H14ClN3O2/c1-3-24-18(23)11(8-20)7-12-9-21-14-4-5-15-17(16(12)14)13(19)6-10(2)22-15/h4-7,9,22H,3H2,1-2H3/b11-7-. The Hall–Kier alpha value is -2.84.